The molecular formula is C16H26N2O. The van der Waals surface area contributed by atoms with E-state index in [0.717, 1.165) is 31.4 Å². The van der Waals surface area contributed by atoms with Crippen molar-refractivity contribution in [3.8, 4) is 0 Å². The number of aromatic nitrogens is 1. The predicted molar refractivity (Wildman–Crippen MR) is 79.2 cm³/mol. The molecule has 2 N–H and O–H groups in total. The maximum Gasteiger partial charge on any atom is 0.255 e. The average Bonchev–Trinajstić information content (AvgIpc) is 2.37. The van der Waals surface area contributed by atoms with Crippen molar-refractivity contribution in [3.63, 3.8) is 0 Å². The third-order valence-corrected chi connectivity index (χ3v) is 4.16. The molecule has 0 spiro atoms. The number of hydrogen-bond donors (Lipinski definition) is 1. The van der Waals surface area contributed by atoms with Gasteiger partial charge in [-0.3, -0.25) is 4.79 Å². The monoisotopic (exact) mass is 262 g/mol. The first kappa shape index (κ1) is 14.3. The summed E-state index contributed by atoms with van der Waals surface area (Å²) in [5, 5.41) is 0. The van der Waals surface area contributed by atoms with Gasteiger partial charge in [-0.1, -0.05) is 20.8 Å². The quantitative estimate of drug-likeness (QED) is 0.906. The topological polar surface area (TPSA) is 48.0 Å². The SMILES string of the molecule is CC(C)CCn1c2c(cc(CN)c1=O)CC(C)CC2. The van der Waals surface area contributed by atoms with Crippen LogP contribution in [0.5, 0.6) is 0 Å². The van der Waals surface area contributed by atoms with Crippen LogP contribution in [-0.2, 0) is 25.9 Å². The lowest BCUT2D eigenvalue weighted by atomic mass is 9.87. The number of fused-ring (bicyclic) bond motifs is 1. The van der Waals surface area contributed by atoms with E-state index < -0.39 is 0 Å². The highest BCUT2D eigenvalue weighted by atomic mass is 16.1. The molecule has 0 amide bonds. The molecule has 1 aromatic heterocycles. The summed E-state index contributed by atoms with van der Waals surface area (Å²) in [4.78, 5) is 12.4. The van der Waals surface area contributed by atoms with Gasteiger partial charge in [0.15, 0.2) is 0 Å². The average molecular weight is 262 g/mol. The molecule has 106 valence electrons. The molecule has 0 bridgehead atoms. The standard InChI is InChI=1S/C16H26N2O/c1-11(2)6-7-18-15-5-4-12(3)8-13(15)9-14(10-17)16(18)19/h9,11-12H,4-8,10,17H2,1-3H3. The van der Waals surface area contributed by atoms with Gasteiger partial charge in [0.05, 0.1) is 0 Å². The predicted octanol–water partition coefficient (Wildman–Crippen LogP) is 2.48. The Morgan fingerprint density at radius 3 is 2.84 bits per heavy atom. The van der Waals surface area contributed by atoms with Crippen LogP contribution in [0.3, 0.4) is 0 Å². The first-order valence-corrected chi connectivity index (χ1v) is 7.47. The van der Waals surface area contributed by atoms with Crippen LogP contribution in [0.2, 0.25) is 0 Å². The Morgan fingerprint density at radius 1 is 1.47 bits per heavy atom. The Hall–Kier alpha value is -1.09. The molecule has 1 atom stereocenters. The first-order valence-electron chi connectivity index (χ1n) is 7.47. The third-order valence-electron chi connectivity index (χ3n) is 4.16. The van der Waals surface area contributed by atoms with Crippen LogP contribution in [0.15, 0.2) is 10.9 Å². The number of pyridine rings is 1. The van der Waals surface area contributed by atoms with Crippen LogP contribution in [0, 0.1) is 11.8 Å². The highest BCUT2D eigenvalue weighted by Crippen LogP contribution is 2.25. The molecule has 0 saturated carbocycles. The zero-order valence-corrected chi connectivity index (χ0v) is 12.4. The smallest absolute Gasteiger partial charge is 0.255 e. The van der Waals surface area contributed by atoms with Gasteiger partial charge in [0.25, 0.3) is 5.56 Å². The van der Waals surface area contributed by atoms with Crippen molar-refractivity contribution in [1.82, 2.24) is 4.57 Å². The molecule has 3 nitrogen and oxygen atoms in total. The zero-order chi connectivity index (χ0) is 14.0. The lowest BCUT2D eigenvalue weighted by Gasteiger charge is -2.26. The normalized spacial score (nSPS) is 18.7. The van der Waals surface area contributed by atoms with Crippen molar-refractivity contribution in [2.75, 3.05) is 0 Å². The summed E-state index contributed by atoms with van der Waals surface area (Å²) in [5.41, 5.74) is 9.25. The Labute approximate surface area is 115 Å². The van der Waals surface area contributed by atoms with E-state index in [9.17, 15) is 4.79 Å². The lowest BCUT2D eigenvalue weighted by Crippen LogP contribution is -2.32. The molecule has 0 saturated heterocycles. The Bertz CT molecular complexity index is 502. The number of rotatable bonds is 4. The highest BCUT2D eigenvalue weighted by molar-refractivity contribution is 5.29. The van der Waals surface area contributed by atoms with Gasteiger partial charge in [0, 0.05) is 24.3 Å². The van der Waals surface area contributed by atoms with Gasteiger partial charge in [-0.15, -0.1) is 0 Å². The van der Waals surface area contributed by atoms with E-state index in [-0.39, 0.29) is 5.56 Å². The van der Waals surface area contributed by atoms with Gasteiger partial charge in [0.1, 0.15) is 0 Å². The van der Waals surface area contributed by atoms with Gasteiger partial charge < -0.3 is 10.3 Å². The van der Waals surface area contributed by atoms with Gasteiger partial charge in [-0.25, -0.2) is 0 Å². The molecule has 1 aromatic rings. The summed E-state index contributed by atoms with van der Waals surface area (Å²) in [7, 11) is 0. The number of hydrogen-bond acceptors (Lipinski definition) is 2. The minimum absolute atomic E-state index is 0.136. The van der Waals surface area contributed by atoms with Crippen molar-refractivity contribution < 1.29 is 0 Å². The fourth-order valence-corrected chi connectivity index (χ4v) is 2.93. The summed E-state index contributed by atoms with van der Waals surface area (Å²) < 4.78 is 2.00. The van der Waals surface area contributed by atoms with Crippen molar-refractivity contribution in [1.29, 1.82) is 0 Å². The fraction of sp³-hybridized carbons (Fsp3) is 0.688. The summed E-state index contributed by atoms with van der Waals surface area (Å²) in [6, 6.07) is 2.05. The largest absolute Gasteiger partial charge is 0.326 e. The van der Waals surface area contributed by atoms with Gasteiger partial charge in [-0.05, 0) is 49.1 Å². The molecule has 1 aliphatic carbocycles. The van der Waals surface area contributed by atoms with Crippen molar-refractivity contribution in [2.45, 2.75) is 59.5 Å². The fourth-order valence-electron chi connectivity index (χ4n) is 2.93. The van der Waals surface area contributed by atoms with Crippen LogP contribution in [0.25, 0.3) is 0 Å². The summed E-state index contributed by atoms with van der Waals surface area (Å²) in [6.07, 6.45) is 4.37. The van der Waals surface area contributed by atoms with Crippen LogP contribution >= 0.6 is 0 Å². The second-order valence-electron chi connectivity index (χ2n) is 6.33. The van der Waals surface area contributed by atoms with Crippen molar-refractivity contribution in [3.05, 3.63) is 33.2 Å². The van der Waals surface area contributed by atoms with Crippen LogP contribution in [-0.4, -0.2) is 4.57 Å². The zero-order valence-electron chi connectivity index (χ0n) is 12.4. The van der Waals surface area contributed by atoms with E-state index in [1.807, 2.05) is 4.57 Å². The molecule has 19 heavy (non-hydrogen) atoms. The number of nitrogens with two attached hydrogens (primary N) is 1. The second kappa shape index (κ2) is 5.91. The summed E-state index contributed by atoms with van der Waals surface area (Å²) in [5.74, 6) is 1.33. The maximum absolute atomic E-state index is 12.4. The van der Waals surface area contributed by atoms with Crippen LogP contribution in [0.4, 0.5) is 0 Å². The van der Waals surface area contributed by atoms with E-state index in [0.29, 0.717) is 18.4 Å². The van der Waals surface area contributed by atoms with E-state index in [4.69, 9.17) is 5.73 Å². The van der Waals surface area contributed by atoms with E-state index in [2.05, 4.69) is 26.8 Å². The van der Waals surface area contributed by atoms with Crippen LogP contribution in [0.1, 0.15) is 50.4 Å². The highest BCUT2D eigenvalue weighted by Gasteiger charge is 2.20. The molecule has 2 rings (SSSR count). The molecule has 0 aromatic carbocycles. The molecule has 1 heterocycles. The summed E-state index contributed by atoms with van der Waals surface area (Å²) in [6.45, 7) is 7.87. The minimum atomic E-state index is 0.136. The maximum atomic E-state index is 12.4. The Kier molecular flexibility index (Phi) is 4.46. The Morgan fingerprint density at radius 2 is 2.21 bits per heavy atom. The van der Waals surface area contributed by atoms with E-state index in [1.54, 1.807) is 0 Å². The first-order chi connectivity index (χ1) is 9.02. The van der Waals surface area contributed by atoms with Crippen LogP contribution < -0.4 is 11.3 Å². The van der Waals surface area contributed by atoms with Gasteiger partial charge in [-0.2, -0.15) is 0 Å². The van der Waals surface area contributed by atoms with Gasteiger partial charge >= 0.3 is 0 Å². The van der Waals surface area contributed by atoms with Crippen molar-refractivity contribution >= 4 is 0 Å². The lowest BCUT2D eigenvalue weighted by molar-refractivity contribution is 0.446. The molecule has 0 radical (unpaired) electrons. The molecular weight excluding hydrogens is 236 g/mol. The minimum Gasteiger partial charge on any atom is -0.326 e. The second-order valence-corrected chi connectivity index (χ2v) is 6.33. The molecule has 1 unspecified atom stereocenters. The third kappa shape index (κ3) is 3.08. The molecule has 3 heteroatoms. The molecule has 0 aliphatic heterocycles. The summed E-state index contributed by atoms with van der Waals surface area (Å²) >= 11 is 0. The Balaban J connectivity index is 2.43. The molecule has 0 fully saturated rings. The van der Waals surface area contributed by atoms with E-state index >= 15 is 0 Å². The van der Waals surface area contributed by atoms with Crippen molar-refractivity contribution in [2.24, 2.45) is 17.6 Å². The molecule has 1 aliphatic rings. The van der Waals surface area contributed by atoms with Gasteiger partial charge in [0.2, 0.25) is 0 Å². The van der Waals surface area contributed by atoms with E-state index in [1.165, 1.54) is 17.7 Å². The number of nitrogens with zero attached hydrogens (tertiary/aromatic N) is 1.